The van der Waals surface area contributed by atoms with E-state index in [-0.39, 0.29) is 0 Å². The van der Waals surface area contributed by atoms with Gasteiger partial charge >= 0.3 is 5.97 Å². The first-order valence-corrected chi connectivity index (χ1v) is 5.10. The van der Waals surface area contributed by atoms with Crippen molar-refractivity contribution in [1.29, 1.82) is 0 Å². The molecule has 1 aromatic rings. The molecule has 5 heteroatoms. The van der Waals surface area contributed by atoms with Crippen LogP contribution in [0.3, 0.4) is 0 Å². The number of nitrogens with zero attached hydrogens (tertiary/aromatic N) is 1. The Hall–Kier alpha value is -1.07. The number of methoxy groups -OCH3 is 1. The molecule has 0 amide bonds. The summed E-state index contributed by atoms with van der Waals surface area (Å²) in [6.07, 6.45) is 1.70. The van der Waals surface area contributed by atoms with Gasteiger partial charge in [0.2, 0.25) is 0 Å². The number of rotatable bonds is 4. The van der Waals surface area contributed by atoms with E-state index < -0.39 is 12.0 Å². The Labute approximate surface area is 86.8 Å². The van der Waals surface area contributed by atoms with Gasteiger partial charge in [0.15, 0.2) is 0 Å². The smallest absolute Gasteiger partial charge is 0.323 e. The minimum atomic E-state index is -0.591. The van der Waals surface area contributed by atoms with Crippen LogP contribution in [0.2, 0.25) is 0 Å². The highest BCUT2D eigenvalue weighted by Crippen LogP contribution is 2.14. The average Bonchev–Trinajstić information content (AvgIpc) is 2.26. The molecule has 4 nitrogen and oxygen atoms in total. The first kappa shape index (κ1) is 11.0. The summed E-state index contributed by atoms with van der Waals surface area (Å²) in [4.78, 5) is 15.0. The number of thioether (sulfide) groups is 1. The van der Waals surface area contributed by atoms with Crippen LogP contribution < -0.4 is 5.73 Å². The highest BCUT2D eigenvalue weighted by molar-refractivity contribution is 7.99. The largest absolute Gasteiger partial charge is 0.468 e. The Morgan fingerprint density at radius 2 is 2.50 bits per heavy atom. The van der Waals surface area contributed by atoms with Crippen LogP contribution in [0.25, 0.3) is 0 Å². The summed E-state index contributed by atoms with van der Waals surface area (Å²) in [5, 5.41) is 0.854. The summed E-state index contributed by atoms with van der Waals surface area (Å²) in [6, 6.07) is 5.00. The van der Waals surface area contributed by atoms with Gasteiger partial charge in [0.25, 0.3) is 0 Å². The molecule has 1 aromatic heterocycles. The van der Waals surface area contributed by atoms with Crippen molar-refractivity contribution in [2.45, 2.75) is 11.1 Å². The second-order valence-corrected chi connectivity index (χ2v) is 3.65. The van der Waals surface area contributed by atoms with Crippen molar-refractivity contribution in [3.05, 3.63) is 24.4 Å². The fraction of sp³-hybridized carbons (Fsp3) is 0.333. The number of carbonyl (C=O) groups excluding carboxylic acids is 1. The van der Waals surface area contributed by atoms with Crippen molar-refractivity contribution >= 4 is 17.7 Å². The van der Waals surface area contributed by atoms with Gasteiger partial charge < -0.3 is 10.5 Å². The number of esters is 1. The molecule has 0 spiro atoms. The molecule has 14 heavy (non-hydrogen) atoms. The fourth-order valence-electron chi connectivity index (χ4n) is 0.827. The van der Waals surface area contributed by atoms with Crippen molar-refractivity contribution in [1.82, 2.24) is 4.98 Å². The van der Waals surface area contributed by atoms with Gasteiger partial charge in [-0.2, -0.15) is 0 Å². The van der Waals surface area contributed by atoms with Gasteiger partial charge in [0.05, 0.1) is 12.1 Å². The van der Waals surface area contributed by atoms with Gasteiger partial charge in [0.1, 0.15) is 6.04 Å². The Morgan fingerprint density at radius 3 is 3.07 bits per heavy atom. The summed E-state index contributed by atoms with van der Waals surface area (Å²) < 4.78 is 4.50. The Morgan fingerprint density at radius 1 is 1.71 bits per heavy atom. The van der Waals surface area contributed by atoms with E-state index in [9.17, 15) is 4.79 Å². The Bertz CT molecular complexity index is 292. The van der Waals surface area contributed by atoms with E-state index in [1.807, 2.05) is 18.2 Å². The average molecular weight is 212 g/mol. The fourth-order valence-corrected chi connectivity index (χ4v) is 1.62. The van der Waals surface area contributed by atoms with Crippen molar-refractivity contribution in [2.75, 3.05) is 12.9 Å². The molecule has 0 saturated heterocycles. The van der Waals surface area contributed by atoms with E-state index in [0.717, 1.165) is 5.03 Å². The first-order valence-electron chi connectivity index (χ1n) is 4.11. The van der Waals surface area contributed by atoms with Crippen LogP contribution in [-0.4, -0.2) is 29.9 Å². The lowest BCUT2D eigenvalue weighted by atomic mass is 10.4. The van der Waals surface area contributed by atoms with Crippen molar-refractivity contribution < 1.29 is 9.53 Å². The lowest BCUT2D eigenvalue weighted by Crippen LogP contribution is -2.33. The van der Waals surface area contributed by atoms with E-state index in [1.54, 1.807) is 6.20 Å². The van der Waals surface area contributed by atoms with Crippen LogP contribution in [0.4, 0.5) is 0 Å². The predicted octanol–water partition coefficient (Wildman–Crippen LogP) is 0.674. The van der Waals surface area contributed by atoms with E-state index in [0.29, 0.717) is 5.75 Å². The lowest BCUT2D eigenvalue weighted by Gasteiger charge is -2.07. The Balaban J connectivity index is 2.38. The van der Waals surface area contributed by atoms with E-state index in [4.69, 9.17) is 5.73 Å². The molecule has 0 aromatic carbocycles. The molecule has 0 aliphatic rings. The van der Waals surface area contributed by atoms with Crippen LogP contribution in [-0.2, 0) is 9.53 Å². The third-order valence-corrected chi connectivity index (χ3v) is 2.62. The molecule has 0 bridgehead atoms. The SMILES string of the molecule is COC(=O)[C@H](N)CSc1ccccn1. The number of pyridine rings is 1. The third kappa shape index (κ3) is 3.35. The molecule has 0 aliphatic heterocycles. The van der Waals surface area contributed by atoms with Gasteiger partial charge in [-0.25, -0.2) is 4.98 Å². The van der Waals surface area contributed by atoms with E-state index in [1.165, 1.54) is 18.9 Å². The molecule has 0 fully saturated rings. The number of hydrogen-bond donors (Lipinski definition) is 1. The van der Waals surface area contributed by atoms with Gasteiger partial charge in [0, 0.05) is 11.9 Å². The van der Waals surface area contributed by atoms with Crippen molar-refractivity contribution in [2.24, 2.45) is 5.73 Å². The molecular formula is C9H12N2O2S. The molecule has 1 rings (SSSR count). The van der Waals surface area contributed by atoms with Crippen LogP contribution >= 0.6 is 11.8 Å². The standard InChI is InChI=1S/C9H12N2O2S/c1-13-9(12)7(10)6-14-8-4-2-3-5-11-8/h2-5,7H,6,10H2,1H3/t7-/m1/s1. The third-order valence-electron chi connectivity index (χ3n) is 1.55. The normalized spacial score (nSPS) is 12.1. The predicted molar refractivity (Wildman–Crippen MR) is 55.0 cm³/mol. The van der Waals surface area contributed by atoms with E-state index in [2.05, 4.69) is 9.72 Å². The summed E-state index contributed by atoms with van der Waals surface area (Å²) in [5.41, 5.74) is 5.55. The van der Waals surface area contributed by atoms with Crippen LogP contribution in [0.5, 0.6) is 0 Å². The number of hydrogen-bond acceptors (Lipinski definition) is 5. The van der Waals surface area contributed by atoms with Gasteiger partial charge in [-0.1, -0.05) is 6.07 Å². The second-order valence-electron chi connectivity index (χ2n) is 2.61. The molecule has 0 saturated carbocycles. The van der Waals surface area contributed by atoms with Crippen molar-refractivity contribution in [3.63, 3.8) is 0 Å². The number of nitrogens with two attached hydrogens (primary N) is 1. The molecule has 76 valence electrons. The summed E-state index contributed by atoms with van der Waals surface area (Å²) in [5.74, 6) is 0.0809. The number of aromatic nitrogens is 1. The van der Waals surface area contributed by atoms with Crippen LogP contribution in [0, 0.1) is 0 Å². The zero-order valence-electron chi connectivity index (χ0n) is 7.84. The molecule has 0 aliphatic carbocycles. The summed E-state index contributed by atoms with van der Waals surface area (Å²) >= 11 is 1.44. The molecule has 0 radical (unpaired) electrons. The summed E-state index contributed by atoms with van der Waals surface area (Å²) in [7, 11) is 1.33. The van der Waals surface area contributed by atoms with E-state index >= 15 is 0 Å². The maximum Gasteiger partial charge on any atom is 0.323 e. The first-order chi connectivity index (χ1) is 6.74. The minimum Gasteiger partial charge on any atom is -0.468 e. The molecule has 0 unspecified atom stereocenters. The van der Waals surface area contributed by atoms with Gasteiger partial charge in [-0.3, -0.25) is 4.79 Å². The summed E-state index contributed by atoms with van der Waals surface area (Å²) in [6.45, 7) is 0. The quantitative estimate of drug-likeness (QED) is 0.587. The molecule has 1 heterocycles. The number of carbonyl (C=O) groups is 1. The molecule has 1 atom stereocenters. The maximum absolute atomic E-state index is 11.0. The van der Waals surface area contributed by atoms with Crippen molar-refractivity contribution in [3.8, 4) is 0 Å². The maximum atomic E-state index is 11.0. The lowest BCUT2D eigenvalue weighted by molar-refractivity contribution is -0.141. The monoisotopic (exact) mass is 212 g/mol. The highest BCUT2D eigenvalue weighted by atomic mass is 32.2. The second kappa shape index (κ2) is 5.62. The van der Waals surface area contributed by atoms with Gasteiger partial charge in [-0.15, -0.1) is 11.8 Å². The topological polar surface area (TPSA) is 65.2 Å². The minimum absolute atomic E-state index is 0.395. The molecular weight excluding hydrogens is 200 g/mol. The Kier molecular flexibility index (Phi) is 4.42. The zero-order valence-corrected chi connectivity index (χ0v) is 8.66. The highest BCUT2D eigenvalue weighted by Gasteiger charge is 2.13. The number of ether oxygens (including phenoxy) is 1. The molecule has 2 N–H and O–H groups in total. The van der Waals surface area contributed by atoms with Crippen LogP contribution in [0.15, 0.2) is 29.4 Å². The zero-order chi connectivity index (χ0) is 10.4. The van der Waals surface area contributed by atoms with Crippen LogP contribution in [0.1, 0.15) is 0 Å². The van der Waals surface area contributed by atoms with Gasteiger partial charge in [-0.05, 0) is 12.1 Å².